The van der Waals surface area contributed by atoms with E-state index >= 15 is 0 Å². The van der Waals surface area contributed by atoms with Crippen molar-refractivity contribution in [3.8, 4) is 5.75 Å². The molecule has 0 fully saturated rings. The fourth-order valence-corrected chi connectivity index (χ4v) is 1.53. The molecule has 0 atom stereocenters. The first-order chi connectivity index (χ1) is 7.56. The molecule has 0 amide bonds. The summed E-state index contributed by atoms with van der Waals surface area (Å²) < 4.78 is 0. The number of nitrogens with zero attached hydrogens (tertiary/aromatic N) is 1. The number of pyridine rings is 1. The van der Waals surface area contributed by atoms with Crippen LogP contribution in [-0.4, -0.2) is 21.2 Å². The van der Waals surface area contributed by atoms with E-state index in [-0.39, 0.29) is 12.2 Å². The van der Waals surface area contributed by atoms with Gasteiger partial charge in [-0.2, -0.15) is 0 Å². The minimum absolute atomic E-state index is 0.0457. The van der Waals surface area contributed by atoms with Crippen molar-refractivity contribution in [2.24, 2.45) is 0 Å². The van der Waals surface area contributed by atoms with E-state index in [9.17, 15) is 9.90 Å². The van der Waals surface area contributed by atoms with Crippen LogP contribution in [0.3, 0.4) is 0 Å². The van der Waals surface area contributed by atoms with Crippen molar-refractivity contribution in [3.63, 3.8) is 0 Å². The molecule has 2 aromatic rings. The molecule has 0 radical (unpaired) electrons. The number of phenolic OH excluding ortho intramolecular Hbond substituents is 1. The molecule has 16 heavy (non-hydrogen) atoms. The fraction of sp³-hybridized carbons (Fsp3) is 0.0909. The number of hydrogen-bond donors (Lipinski definition) is 3. The van der Waals surface area contributed by atoms with Gasteiger partial charge in [0, 0.05) is 17.1 Å². The number of benzene rings is 1. The Morgan fingerprint density at radius 1 is 1.38 bits per heavy atom. The minimum Gasteiger partial charge on any atom is -0.507 e. The number of aromatic nitrogens is 1. The van der Waals surface area contributed by atoms with E-state index in [0.717, 1.165) is 0 Å². The summed E-state index contributed by atoms with van der Waals surface area (Å²) in [5.41, 5.74) is 6.88. The van der Waals surface area contributed by atoms with Gasteiger partial charge in [-0.15, -0.1) is 0 Å². The van der Waals surface area contributed by atoms with Crippen LogP contribution < -0.4 is 5.73 Å². The maximum atomic E-state index is 10.5. The first-order valence-corrected chi connectivity index (χ1v) is 4.66. The van der Waals surface area contributed by atoms with Crippen LogP contribution in [0.15, 0.2) is 24.3 Å². The van der Waals surface area contributed by atoms with Gasteiger partial charge in [0.1, 0.15) is 5.75 Å². The molecule has 0 aliphatic carbocycles. The maximum absolute atomic E-state index is 10.5. The van der Waals surface area contributed by atoms with Gasteiger partial charge in [0.2, 0.25) is 0 Å². The number of carboxylic acids is 1. The lowest BCUT2D eigenvalue weighted by Gasteiger charge is -2.04. The summed E-state index contributed by atoms with van der Waals surface area (Å²) in [4.78, 5) is 14.6. The van der Waals surface area contributed by atoms with Crippen LogP contribution in [0.5, 0.6) is 5.75 Å². The van der Waals surface area contributed by atoms with Gasteiger partial charge in [-0.25, -0.2) is 0 Å². The van der Waals surface area contributed by atoms with Crippen LogP contribution >= 0.6 is 0 Å². The number of aromatic hydroxyl groups is 1. The number of carboxylic acid groups (broad SMARTS) is 1. The van der Waals surface area contributed by atoms with Crippen LogP contribution in [0, 0.1) is 0 Å². The fourth-order valence-electron chi connectivity index (χ4n) is 1.53. The molecule has 0 aliphatic heterocycles. The van der Waals surface area contributed by atoms with Crippen molar-refractivity contribution in [3.05, 3.63) is 30.0 Å². The molecular formula is C11H10N2O3. The lowest BCUT2D eigenvalue weighted by Crippen LogP contribution is -2.02. The molecular weight excluding hydrogens is 208 g/mol. The van der Waals surface area contributed by atoms with Crippen molar-refractivity contribution in [1.29, 1.82) is 0 Å². The molecule has 2 rings (SSSR count). The first kappa shape index (κ1) is 10.2. The van der Waals surface area contributed by atoms with Crippen molar-refractivity contribution < 1.29 is 15.0 Å². The summed E-state index contributed by atoms with van der Waals surface area (Å²) in [5.74, 6) is -0.899. The summed E-state index contributed by atoms with van der Waals surface area (Å²) in [6, 6.07) is 6.24. The minimum atomic E-state index is -0.944. The standard InChI is InChI=1S/C11H10N2O3/c12-6-3-9-8(10(14)4-6)2-1-7(13-9)5-11(15)16/h1-4,14H,5,12H2,(H,15,16). The van der Waals surface area contributed by atoms with Gasteiger partial charge in [-0.3, -0.25) is 9.78 Å². The second-order valence-corrected chi connectivity index (χ2v) is 3.48. The van der Waals surface area contributed by atoms with Gasteiger partial charge in [0.15, 0.2) is 0 Å². The summed E-state index contributed by atoms with van der Waals surface area (Å²) in [6.45, 7) is 0. The van der Waals surface area contributed by atoms with E-state index in [2.05, 4.69) is 4.98 Å². The zero-order valence-corrected chi connectivity index (χ0v) is 8.34. The van der Waals surface area contributed by atoms with E-state index in [1.165, 1.54) is 6.07 Å². The molecule has 1 aromatic heterocycles. The molecule has 0 saturated carbocycles. The lowest BCUT2D eigenvalue weighted by molar-refractivity contribution is -0.136. The van der Waals surface area contributed by atoms with Crippen LogP contribution in [0.4, 0.5) is 5.69 Å². The SMILES string of the molecule is Nc1cc(O)c2ccc(CC(=O)O)nc2c1. The monoisotopic (exact) mass is 218 g/mol. The molecule has 1 heterocycles. The highest BCUT2D eigenvalue weighted by molar-refractivity contribution is 5.88. The quantitative estimate of drug-likeness (QED) is 0.657. The molecule has 5 nitrogen and oxygen atoms in total. The number of fused-ring (bicyclic) bond motifs is 1. The van der Waals surface area contributed by atoms with E-state index in [1.54, 1.807) is 18.2 Å². The van der Waals surface area contributed by atoms with E-state index in [0.29, 0.717) is 22.3 Å². The van der Waals surface area contributed by atoms with Crippen LogP contribution in [0.2, 0.25) is 0 Å². The smallest absolute Gasteiger partial charge is 0.309 e. The normalized spacial score (nSPS) is 10.5. The highest BCUT2D eigenvalue weighted by atomic mass is 16.4. The molecule has 82 valence electrons. The third-order valence-electron chi connectivity index (χ3n) is 2.20. The summed E-state index contributed by atoms with van der Waals surface area (Å²) in [5, 5.41) is 18.8. The molecule has 0 saturated heterocycles. The molecule has 0 unspecified atom stereocenters. The number of anilines is 1. The number of hydrogen-bond acceptors (Lipinski definition) is 4. The summed E-state index contributed by atoms with van der Waals surface area (Å²) >= 11 is 0. The zero-order valence-electron chi connectivity index (χ0n) is 8.34. The highest BCUT2D eigenvalue weighted by Crippen LogP contribution is 2.26. The molecule has 0 bridgehead atoms. The average molecular weight is 218 g/mol. The third kappa shape index (κ3) is 1.88. The second-order valence-electron chi connectivity index (χ2n) is 3.48. The average Bonchev–Trinajstić information content (AvgIpc) is 2.15. The van der Waals surface area contributed by atoms with Gasteiger partial charge < -0.3 is 15.9 Å². The van der Waals surface area contributed by atoms with Gasteiger partial charge in [0.05, 0.1) is 17.6 Å². The topological polar surface area (TPSA) is 96.4 Å². The highest BCUT2D eigenvalue weighted by Gasteiger charge is 2.06. The third-order valence-corrected chi connectivity index (χ3v) is 2.20. The largest absolute Gasteiger partial charge is 0.507 e. The Kier molecular flexibility index (Phi) is 2.36. The molecule has 0 aliphatic rings. The summed E-state index contributed by atoms with van der Waals surface area (Å²) in [7, 11) is 0. The van der Waals surface area contributed by atoms with Crippen molar-refractivity contribution in [1.82, 2.24) is 4.98 Å². The number of phenols is 1. The second kappa shape index (κ2) is 3.69. The van der Waals surface area contributed by atoms with E-state index < -0.39 is 5.97 Å². The predicted octanol–water partition coefficient (Wildman–Crippen LogP) is 1.15. The first-order valence-electron chi connectivity index (χ1n) is 4.66. The van der Waals surface area contributed by atoms with Gasteiger partial charge in [0.25, 0.3) is 0 Å². The Morgan fingerprint density at radius 2 is 2.12 bits per heavy atom. The number of nitrogens with two attached hydrogens (primary N) is 1. The predicted molar refractivity (Wildman–Crippen MR) is 59.2 cm³/mol. The molecule has 0 spiro atoms. The van der Waals surface area contributed by atoms with Gasteiger partial charge in [-0.1, -0.05) is 0 Å². The Morgan fingerprint density at radius 3 is 2.81 bits per heavy atom. The molecule has 1 aromatic carbocycles. The Hall–Kier alpha value is -2.30. The van der Waals surface area contributed by atoms with Crippen LogP contribution in [-0.2, 0) is 11.2 Å². The maximum Gasteiger partial charge on any atom is 0.309 e. The lowest BCUT2D eigenvalue weighted by atomic mass is 10.1. The number of nitrogen functional groups attached to an aromatic ring is 1. The van der Waals surface area contributed by atoms with Crippen LogP contribution in [0.1, 0.15) is 5.69 Å². The van der Waals surface area contributed by atoms with Crippen molar-refractivity contribution >= 4 is 22.6 Å². The summed E-state index contributed by atoms with van der Waals surface area (Å²) in [6.07, 6.45) is -0.147. The van der Waals surface area contributed by atoms with Gasteiger partial charge in [-0.05, 0) is 18.2 Å². The van der Waals surface area contributed by atoms with E-state index in [4.69, 9.17) is 10.8 Å². The van der Waals surface area contributed by atoms with Crippen molar-refractivity contribution in [2.75, 3.05) is 5.73 Å². The molecule has 5 heteroatoms. The number of rotatable bonds is 2. The number of carbonyl (C=O) groups is 1. The zero-order chi connectivity index (χ0) is 11.7. The van der Waals surface area contributed by atoms with Crippen molar-refractivity contribution in [2.45, 2.75) is 6.42 Å². The van der Waals surface area contributed by atoms with Crippen LogP contribution in [0.25, 0.3) is 10.9 Å². The Bertz CT molecular complexity index is 566. The Labute approximate surface area is 91.2 Å². The van der Waals surface area contributed by atoms with E-state index in [1.807, 2.05) is 0 Å². The molecule has 4 N–H and O–H groups in total. The van der Waals surface area contributed by atoms with Gasteiger partial charge >= 0.3 is 5.97 Å². The number of aliphatic carboxylic acids is 1. The Balaban J connectivity index is 2.57.